The van der Waals surface area contributed by atoms with Crippen molar-refractivity contribution in [3.8, 4) is 23.0 Å². The van der Waals surface area contributed by atoms with Crippen LogP contribution in [0.15, 0.2) is 55.1 Å². The molecule has 186 valence electrons. The molecule has 4 aromatic rings. The lowest BCUT2D eigenvalue weighted by atomic mass is 9.78. The summed E-state index contributed by atoms with van der Waals surface area (Å²) in [7, 11) is 0. The molecule has 3 aromatic heterocycles. The first kappa shape index (κ1) is 23.1. The van der Waals surface area contributed by atoms with Gasteiger partial charge in [-0.1, -0.05) is 32.0 Å². The molecule has 0 saturated carbocycles. The Balaban J connectivity index is 1.45. The number of amides is 1. The minimum atomic E-state index is -0.338. The van der Waals surface area contributed by atoms with Crippen LogP contribution in [0.2, 0.25) is 0 Å². The van der Waals surface area contributed by atoms with Crippen LogP contribution in [0.1, 0.15) is 25.8 Å². The van der Waals surface area contributed by atoms with Gasteiger partial charge in [-0.05, 0) is 24.6 Å². The third-order valence-corrected chi connectivity index (χ3v) is 7.44. The number of halogens is 1. The van der Waals surface area contributed by atoms with E-state index in [0.717, 1.165) is 43.8 Å². The third-order valence-electron chi connectivity index (χ3n) is 7.44. The third kappa shape index (κ3) is 3.80. The number of benzene rings is 1. The Morgan fingerprint density at radius 3 is 2.68 bits per heavy atom. The lowest BCUT2D eigenvalue weighted by molar-refractivity contribution is -0.145. The predicted molar refractivity (Wildman–Crippen MR) is 137 cm³/mol. The zero-order chi connectivity index (χ0) is 25.7. The predicted octanol–water partition coefficient (Wildman–Crippen LogP) is 4.19. The molecule has 0 N–H and O–H groups in total. The second kappa shape index (κ2) is 8.66. The number of carbonyl (C=O) groups excluding carboxylic acids is 1. The average Bonchev–Trinajstić information content (AvgIpc) is 3.51. The fourth-order valence-corrected chi connectivity index (χ4v) is 5.62. The van der Waals surface area contributed by atoms with Gasteiger partial charge in [0.1, 0.15) is 23.8 Å². The number of hydrogen-bond acceptors (Lipinski definition) is 6. The van der Waals surface area contributed by atoms with Gasteiger partial charge in [0.25, 0.3) is 0 Å². The maximum Gasteiger partial charge on any atom is 0.225 e. The minimum absolute atomic E-state index is 0.00687. The summed E-state index contributed by atoms with van der Waals surface area (Å²) in [5.74, 6) is 1.11. The Kier molecular flexibility index (Phi) is 5.41. The summed E-state index contributed by atoms with van der Waals surface area (Å²) < 4.78 is 16.8. The highest BCUT2D eigenvalue weighted by Gasteiger charge is 2.50. The monoisotopic (exact) mass is 495 g/mol. The Morgan fingerprint density at radius 2 is 1.92 bits per heavy atom. The lowest BCUT2D eigenvalue weighted by Gasteiger charge is -2.48. The highest BCUT2D eigenvalue weighted by Crippen LogP contribution is 2.44. The molecule has 2 aliphatic rings. The molecule has 0 radical (unpaired) electrons. The van der Waals surface area contributed by atoms with Gasteiger partial charge >= 0.3 is 0 Å². The molecule has 2 fully saturated rings. The number of nitrogens with zero attached hydrogens (tertiary/aromatic N) is 7. The van der Waals surface area contributed by atoms with Crippen LogP contribution in [0.25, 0.3) is 28.0 Å². The molecule has 0 unspecified atom stereocenters. The first-order chi connectivity index (χ1) is 17.9. The number of anilines is 1. The minimum Gasteiger partial charge on any atom is -0.355 e. The highest BCUT2D eigenvalue weighted by molar-refractivity contribution is 6.02. The van der Waals surface area contributed by atoms with Crippen LogP contribution in [0, 0.1) is 28.5 Å². The lowest BCUT2D eigenvalue weighted by Crippen LogP contribution is -2.60. The molecule has 37 heavy (non-hydrogen) atoms. The number of hydrogen-bond donors (Lipinski definition) is 0. The largest absolute Gasteiger partial charge is 0.355 e. The zero-order valence-corrected chi connectivity index (χ0v) is 20.7. The maximum atomic E-state index is 15.1. The molecule has 5 heterocycles. The molecule has 0 bridgehead atoms. The van der Waals surface area contributed by atoms with Gasteiger partial charge < -0.3 is 9.80 Å². The van der Waals surface area contributed by atoms with Gasteiger partial charge in [-0.3, -0.25) is 9.36 Å². The number of carbonyl (C=O) groups is 1. The van der Waals surface area contributed by atoms with Gasteiger partial charge in [-0.2, -0.15) is 5.26 Å². The summed E-state index contributed by atoms with van der Waals surface area (Å²) in [6.45, 7) is 6.93. The van der Waals surface area contributed by atoms with Crippen molar-refractivity contribution >= 4 is 22.8 Å². The van der Waals surface area contributed by atoms with Crippen LogP contribution in [0.5, 0.6) is 0 Å². The quantitative estimate of drug-likeness (QED) is 0.422. The number of aromatic nitrogens is 4. The number of pyridine rings is 1. The van der Waals surface area contributed by atoms with E-state index in [-0.39, 0.29) is 23.1 Å². The molecular weight excluding hydrogens is 469 g/mol. The molecule has 2 saturated heterocycles. The number of rotatable bonds is 4. The van der Waals surface area contributed by atoms with Crippen LogP contribution in [-0.4, -0.2) is 56.5 Å². The van der Waals surface area contributed by atoms with E-state index >= 15 is 4.39 Å². The van der Waals surface area contributed by atoms with E-state index in [1.165, 1.54) is 12.4 Å². The van der Waals surface area contributed by atoms with Gasteiger partial charge in [-0.15, -0.1) is 0 Å². The molecule has 0 aliphatic carbocycles. The summed E-state index contributed by atoms with van der Waals surface area (Å²) >= 11 is 0. The molecule has 1 amide bonds. The SMILES string of the molecule is CC(C)C(=O)N1CC2(CCN(c3ncnc4c3c(-c3ccccc3F)cn4-c3cc(C#N)ccn3)C2)C1. The van der Waals surface area contributed by atoms with Crippen molar-refractivity contribution in [3.63, 3.8) is 0 Å². The van der Waals surface area contributed by atoms with E-state index in [1.807, 2.05) is 24.9 Å². The fourth-order valence-electron chi connectivity index (χ4n) is 5.62. The highest BCUT2D eigenvalue weighted by atomic mass is 19.1. The molecule has 1 aromatic carbocycles. The van der Waals surface area contributed by atoms with Gasteiger partial charge in [0.05, 0.1) is 17.0 Å². The van der Waals surface area contributed by atoms with Crippen molar-refractivity contribution in [2.24, 2.45) is 11.3 Å². The summed E-state index contributed by atoms with van der Waals surface area (Å²) in [6, 6.07) is 12.1. The van der Waals surface area contributed by atoms with Crippen molar-refractivity contribution < 1.29 is 9.18 Å². The normalized spacial score (nSPS) is 16.4. The molecule has 0 atom stereocenters. The van der Waals surface area contributed by atoms with Crippen LogP contribution in [0.4, 0.5) is 10.2 Å². The van der Waals surface area contributed by atoms with Crippen LogP contribution in [-0.2, 0) is 4.79 Å². The van der Waals surface area contributed by atoms with Crippen LogP contribution in [0.3, 0.4) is 0 Å². The topological polar surface area (TPSA) is 90.9 Å². The second-order valence-electron chi connectivity index (χ2n) is 10.3. The Hall–Kier alpha value is -4.32. The standard InChI is InChI=1S/C28H26FN7O/c1-18(2)27(37)35-15-28(16-35)8-10-34(14-28)25-24-21(20-5-3-4-6-22(20)29)13-36(26(24)33-17-32-25)23-11-19(12-30)7-9-31-23/h3-7,9,11,13,17-18H,8,10,14-16H2,1-2H3. The van der Waals surface area contributed by atoms with E-state index in [4.69, 9.17) is 0 Å². The van der Waals surface area contributed by atoms with Crippen LogP contribution >= 0.6 is 0 Å². The Labute approximate surface area is 214 Å². The van der Waals surface area contributed by atoms with Gasteiger partial charge in [0.2, 0.25) is 5.91 Å². The maximum absolute atomic E-state index is 15.1. The second-order valence-corrected chi connectivity index (χ2v) is 10.3. The van der Waals surface area contributed by atoms with Gasteiger partial charge in [0.15, 0.2) is 5.65 Å². The van der Waals surface area contributed by atoms with Crippen molar-refractivity contribution in [1.29, 1.82) is 5.26 Å². The van der Waals surface area contributed by atoms with E-state index in [9.17, 15) is 10.1 Å². The fraction of sp³-hybridized carbons (Fsp3) is 0.321. The number of fused-ring (bicyclic) bond motifs is 1. The van der Waals surface area contributed by atoms with Crippen LogP contribution < -0.4 is 4.90 Å². The van der Waals surface area contributed by atoms with Gasteiger partial charge in [-0.25, -0.2) is 19.3 Å². The molecule has 2 aliphatic heterocycles. The molecular formula is C28H26FN7O. The first-order valence-corrected chi connectivity index (χ1v) is 12.4. The zero-order valence-electron chi connectivity index (χ0n) is 20.7. The molecule has 1 spiro atoms. The molecule has 6 rings (SSSR count). The van der Waals surface area contributed by atoms with E-state index in [2.05, 4.69) is 25.9 Å². The Morgan fingerprint density at radius 1 is 1.11 bits per heavy atom. The Bertz CT molecular complexity index is 1560. The smallest absolute Gasteiger partial charge is 0.225 e. The first-order valence-electron chi connectivity index (χ1n) is 12.4. The summed E-state index contributed by atoms with van der Waals surface area (Å²) in [5.41, 5.74) is 2.23. The van der Waals surface area contributed by atoms with Crippen molar-refractivity contribution in [3.05, 3.63) is 66.5 Å². The van der Waals surface area contributed by atoms with E-state index in [0.29, 0.717) is 28.2 Å². The molecule has 8 nitrogen and oxygen atoms in total. The van der Waals surface area contributed by atoms with Crippen molar-refractivity contribution in [2.45, 2.75) is 20.3 Å². The summed E-state index contributed by atoms with van der Waals surface area (Å²) in [6.07, 6.45) is 5.88. The van der Waals surface area contributed by atoms with E-state index in [1.54, 1.807) is 41.1 Å². The summed E-state index contributed by atoms with van der Waals surface area (Å²) in [4.78, 5) is 30.3. The van der Waals surface area contributed by atoms with Crippen molar-refractivity contribution in [2.75, 3.05) is 31.1 Å². The average molecular weight is 496 g/mol. The van der Waals surface area contributed by atoms with Gasteiger partial charge in [0, 0.05) is 61.0 Å². The number of likely N-dealkylation sites (tertiary alicyclic amines) is 1. The van der Waals surface area contributed by atoms with E-state index < -0.39 is 0 Å². The number of nitriles is 1. The van der Waals surface area contributed by atoms with Crippen molar-refractivity contribution in [1.82, 2.24) is 24.4 Å². The summed E-state index contributed by atoms with van der Waals surface area (Å²) in [5, 5.41) is 10.1. The molecule has 9 heteroatoms.